The third-order valence-corrected chi connectivity index (χ3v) is 16.1. The van der Waals surface area contributed by atoms with Crippen molar-refractivity contribution >= 4 is 68.0 Å². The number of likely N-dealkylation sites (tertiary alicyclic amines) is 2. The molecule has 412 valence electrons. The number of rotatable bonds is 17. The number of carboxylic acids is 1. The molecule has 6 aromatic carbocycles. The largest absolute Gasteiger partial charge is 0.489 e. The van der Waals surface area contributed by atoms with E-state index in [4.69, 9.17) is 43.5 Å². The summed E-state index contributed by atoms with van der Waals surface area (Å²) in [6.07, 6.45) is 7.26. The van der Waals surface area contributed by atoms with Crippen LogP contribution in [0.2, 0.25) is 10.0 Å². The number of aliphatic carboxylic acids is 1. The second-order valence-corrected chi connectivity index (χ2v) is 22.1. The van der Waals surface area contributed by atoms with E-state index in [2.05, 4.69) is 91.6 Å². The maximum atomic E-state index is 13.4. The number of ether oxygens (including phenoxy) is 2. The number of nitrogens with zero attached hydrogens (tertiary/aromatic N) is 4. The number of nitrogens with one attached hydrogen (secondary N) is 1. The minimum absolute atomic E-state index is 0. The summed E-state index contributed by atoms with van der Waals surface area (Å²) >= 11 is 12.7. The molecule has 0 aromatic heterocycles. The van der Waals surface area contributed by atoms with E-state index in [0.717, 1.165) is 108 Å². The van der Waals surface area contributed by atoms with Crippen LogP contribution in [-0.2, 0) is 9.59 Å². The fraction of sp³-hybridized carbons (Fsp3) is 0.443. The lowest BCUT2D eigenvalue weighted by Crippen LogP contribution is -2.52. The highest BCUT2D eigenvalue weighted by atomic mass is 35.5. The topological polar surface area (TPSA) is 164 Å². The first-order chi connectivity index (χ1) is 36.4. The number of amides is 1. The molecule has 12 rings (SSSR count). The monoisotopic (exact) mass is 1090 g/mol. The Morgan fingerprint density at radius 3 is 1.48 bits per heavy atom. The van der Waals surface area contributed by atoms with Gasteiger partial charge in [-0.2, -0.15) is 0 Å². The van der Waals surface area contributed by atoms with Crippen LogP contribution in [0, 0.1) is 11.8 Å². The Balaban J connectivity index is 0.000000166. The van der Waals surface area contributed by atoms with Crippen LogP contribution in [0.3, 0.4) is 0 Å². The summed E-state index contributed by atoms with van der Waals surface area (Å²) in [6.45, 7) is 8.45. The van der Waals surface area contributed by atoms with E-state index < -0.39 is 24.2 Å². The van der Waals surface area contributed by atoms with Gasteiger partial charge in [0.1, 0.15) is 17.6 Å². The Morgan fingerprint density at radius 1 is 0.584 bits per heavy atom. The zero-order chi connectivity index (χ0) is 52.0. The number of carbonyl (C=O) groups is 2. The molecule has 0 radical (unpaired) electrons. The molecule has 6 atom stereocenters. The van der Waals surface area contributed by atoms with Gasteiger partial charge in [0.15, 0.2) is 0 Å². The van der Waals surface area contributed by atoms with Gasteiger partial charge < -0.3 is 55.4 Å². The van der Waals surface area contributed by atoms with Crippen molar-refractivity contribution in [2.75, 3.05) is 75.2 Å². The number of hydrogen-bond donors (Lipinski definition) is 5. The number of carboxylic acid groups (broad SMARTS) is 1. The maximum Gasteiger partial charge on any atom is 0.308 e. The molecule has 4 saturated heterocycles. The van der Waals surface area contributed by atoms with Crippen molar-refractivity contribution < 1.29 is 39.1 Å². The lowest BCUT2D eigenvalue weighted by Gasteiger charge is -2.36. The molecular formula is C61H75Cl2FN6O7. The molecular weight excluding hydrogens is 1020 g/mol. The standard InChI is InChI=1S/C30H34ClN3O3.C15H21ClN2O2.C15H15NO2.CH4.FH/c31-26-17-22(7-11-28(26)37-25-9-10-25)29(35)27(19-33-13-3-14-33)32-30(36)23-12-15-34(18-23)24-8-6-20-4-1-2-5-21(20)16-24;16-12-8-10(2-5-14(12)20-11-3-4-11)15(19)13(17)9-18-6-1-7-18;17-15(18)13-7-8-16(10-13)14-6-5-11-3-1-2-4-12(11)9-14;;/h1-2,4-8,11,16-17,23,25,27,29,35H,3,9-10,12-15,18-19H2,(H,32,36);2,5,8,11,13,15,19H,1,3-4,6-7,9,17H2;1-6,9,13H,7-8,10H2,(H,17,18);1H4;1H/t23-,27-,29-;13-,15-;13-;;/m111../s1. The van der Waals surface area contributed by atoms with Crippen LogP contribution in [0.4, 0.5) is 16.1 Å². The van der Waals surface area contributed by atoms with Crippen LogP contribution in [0.15, 0.2) is 121 Å². The average Bonchev–Trinajstić information content (AvgIpc) is 4.30. The number of halogens is 3. The van der Waals surface area contributed by atoms with Crippen molar-refractivity contribution in [3.8, 4) is 11.5 Å². The van der Waals surface area contributed by atoms with Crippen LogP contribution in [-0.4, -0.2) is 127 Å². The van der Waals surface area contributed by atoms with Crippen LogP contribution in [0.25, 0.3) is 21.5 Å². The minimum Gasteiger partial charge on any atom is -0.489 e. The first-order valence-corrected chi connectivity index (χ1v) is 27.7. The van der Waals surface area contributed by atoms with E-state index in [1.165, 1.54) is 28.0 Å². The van der Waals surface area contributed by atoms with E-state index in [1.54, 1.807) is 12.1 Å². The summed E-state index contributed by atoms with van der Waals surface area (Å²) in [4.78, 5) is 33.3. The second-order valence-electron chi connectivity index (χ2n) is 21.3. The highest BCUT2D eigenvalue weighted by molar-refractivity contribution is 6.32. The fourth-order valence-corrected chi connectivity index (χ4v) is 10.8. The summed E-state index contributed by atoms with van der Waals surface area (Å²) in [5.74, 6) is 0.336. The van der Waals surface area contributed by atoms with Crippen LogP contribution in [0.1, 0.15) is 82.1 Å². The van der Waals surface area contributed by atoms with Crippen molar-refractivity contribution in [3.63, 3.8) is 0 Å². The minimum atomic E-state index is -0.852. The Kier molecular flexibility index (Phi) is 19.6. The summed E-state index contributed by atoms with van der Waals surface area (Å²) in [6, 6.07) is 39.6. The molecule has 6 fully saturated rings. The summed E-state index contributed by atoms with van der Waals surface area (Å²) < 4.78 is 11.5. The van der Waals surface area contributed by atoms with Gasteiger partial charge in [-0.3, -0.25) is 14.3 Å². The lowest BCUT2D eigenvalue weighted by molar-refractivity contribution is -0.141. The van der Waals surface area contributed by atoms with E-state index in [9.17, 15) is 19.8 Å². The Hall–Kier alpha value is -5.71. The van der Waals surface area contributed by atoms with Crippen molar-refractivity contribution in [1.82, 2.24) is 15.1 Å². The molecule has 2 aliphatic carbocycles. The normalized spacial score (nSPS) is 20.6. The number of anilines is 2. The quantitative estimate of drug-likeness (QED) is 0.0588. The molecule has 16 heteroatoms. The van der Waals surface area contributed by atoms with Crippen molar-refractivity contribution in [1.29, 1.82) is 0 Å². The highest BCUT2D eigenvalue weighted by Crippen LogP contribution is 2.37. The van der Waals surface area contributed by atoms with Crippen molar-refractivity contribution in [2.24, 2.45) is 17.6 Å². The maximum absolute atomic E-state index is 13.4. The first kappa shape index (κ1) is 57.5. The number of fused-ring (bicyclic) bond motifs is 2. The SMILES string of the molecule is C.F.N[C@H](CN1CCC1)[C@H](O)c1ccc(OC2CC2)c(Cl)c1.O=C(N[C@H](CN1CCC1)[C@H](O)c1ccc(OC2CC2)c(Cl)c1)[C@@H]1CCN(c2ccc3ccccc3c2)C1.O=C(O)[C@@H]1CCN(c2ccc3ccccc3c2)C1. The molecule has 4 heterocycles. The van der Waals surface area contributed by atoms with Crippen molar-refractivity contribution in [3.05, 3.63) is 142 Å². The predicted molar refractivity (Wildman–Crippen MR) is 308 cm³/mol. The first-order valence-electron chi connectivity index (χ1n) is 26.9. The zero-order valence-electron chi connectivity index (χ0n) is 42.9. The number of nitrogens with two attached hydrogens (primary N) is 1. The molecule has 0 unspecified atom stereocenters. The van der Waals surface area contributed by atoms with Crippen molar-refractivity contribution in [2.45, 2.75) is 95.3 Å². The lowest BCUT2D eigenvalue weighted by atomic mass is 9.99. The Morgan fingerprint density at radius 2 is 1.04 bits per heavy atom. The number of aliphatic hydroxyl groups excluding tert-OH is 2. The number of aliphatic hydroxyl groups is 2. The van der Waals surface area contributed by atoms with Gasteiger partial charge in [-0.15, -0.1) is 0 Å². The number of carbonyl (C=O) groups excluding carboxylic acids is 1. The van der Waals surface area contributed by atoms with Crippen LogP contribution >= 0.6 is 23.2 Å². The molecule has 6 N–H and O–H groups in total. The van der Waals surface area contributed by atoms with Gasteiger partial charge in [0.2, 0.25) is 5.91 Å². The van der Waals surface area contributed by atoms with Gasteiger partial charge in [-0.25, -0.2) is 0 Å². The van der Waals surface area contributed by atoms with E-state index in [0.29, 0.717) is 52.8 Å². The van der Waals surface area contributed by atoms with Gasteiger partial charge in [-0.05, 0) is 159 Å². The number of hydrogen-bond acceptors (Lipinski definition) is 11. The summed E-state index contributed by atoms with van der Waals surface area (Å²) in [7, 11) is 0. The average molecular weight is 1090 g/mol. The third kappa shape index (κ3) is 14.9. The highest BCUT2D eigenvalue weighted by Gasteiger charge is 2.35. The molecule has 77 heavy (non-hydrogen) atoms. The van der Waals surface area contributed by atoms with E-state index in [1.807, 2.05) is 42.5 Å². The molecule has 1 amide bonds. The molecule has 2 saturated carbocycles. The second kappa shape index (κ2) is 26.3. The van der Waals surface area contributed by atoms with E-state index >= 15 is 0 Å². The Labute approximate surface area is 462 Å². The smallest absolute Gasteiger partial charge is 0.308 e. The molecule has 13 nitrogen and oxygen atoms in total. The zero-order valence-corrected chi connectivity index (χ0v) is 44.4. The predicted octanol–water partition coefficient (Wildman–Crippen LogP) is 10.3. The molecule has 4 aliphatic heterocycles. The molecule has 6 aromatic rings. The van der Waals surface area contributed by atoms with Gasteiger partial charge in [0.05, 0.1) is 46.2 Å². The van der Waals surface area contributed by atoms with Gasteiger partial charge >= 0.3 is 5.97 Å². The fourth-order valence-electron chi connectivity index (χ4n) is 10.3. The van der Waals surface area contributed by atoms with Crippen LogP contribution < -0.4 is 30.3 Å². The van der Waals surface area contributed by atoms with E-state index in [-0.39, 0.29) is 42.0 Å². The van der Waals surface area contributed by atoms with Gasteiger partial charge in [0, 0.05) is 56.7 Å². The summed E-state index contributed by atoms with van der Waals surface area (Å²) in [5, 5.41) is 39.8. The summed E-state index contributed by atoms with van der Waals surface area (Å²) in [5.41, 5.74) is 9.80. The van der Waals surface area contributed by atoms with Gasteiger partial charge in [-0.1, -0.05) is 103 Å². The number of benzene rings is 6. The van der Waals surface area contributed by atoms with Crippen LogP contribution in [0.5, 0.6) is 11.5 Å². The van der Waals surface area contributed by atoms with Gasteiger partial charge in [0.25, 0.3) is 0 Å². The molecule has 0 bridgehead atoms. The molecule has 0 spiro atoms. The Bertz CT molecular complexity index is 2940. The third-order valence-electron chi connectivity index (χ3n) is 15.5. The molecule has 6 aliphatic rings.